The summed E-state index contributed by atoms with van der Waals surface area (Å²) in [6.07, 6.45) is 3.87. The minimum Gasteiger partial charge on any atom is -0.496 e. The van der Waals surface area contributed by atoms with Crippen LogP contribution in [0.25, 0.3) is 0 Å². The van der Waals surface area contributed by atoms with Crippen LogP contribution in [0.5, 0.6) is 5.75 Å². The number of para-hydroxylation sites is 1. The lowest BCUT2D eigenvalue weighted by Gasteiger charge is -2.36. The molecule has 1 heterocycles. The lowest BCUT2D eigenvalue weighted by atomic mass is 10.0. The van der Waals surface area contributed by atoms with Gasteiger partial charge in [0.1, 0.15) is 5.75 Å². The van der Waals surface area contributed by atoms with E-state index in [9.17, 15) is 0 Å². The van der Waals surface area contributed by atoms with Crippen molar-refractivity contribution in [1.82, 2.24) is 15.5 Å². The van der Waals surface area contributed by atoms with E-state index in [-0.39, 0.29) is 6.04 Å². The van der Waals surface area contributed by atoms with Gasteiger partial charge in [0.2, 0.25) is 0 Å². The Labute approximate surface area is 152 Å². The number of hydrogen-bond donors (Lipinski definition) is 2. The molecule has 5 heteroatoms. The van der Waals surface area contributed by atoms with E-state index in [4.69, 9.17) is 4.74 Å². The largest absolute Gasteiger partial charge is 0.496 e. The summed E-state index contributed by atoms with van der Waals surface area (Å²) in [5, 5.41) is 6.91. The van der Waals surface area contributed by atoms with E-state index in [0.29, 0.717) is 5.92 Å². The molecule has 0 radical (unpaired) electrons. The number of nitrogens with zero attached hydrogens (tertiary/aromatic N) is 2. The number of likely N-dealkylation sites (tertiary alicyclic amines) is 1. The zero-order chi connectivity index (χ0) is 18.1. The molecule has 1 aromatic rings. The fourth-order valence-electron chi connectivity index (χ4n) is 3.32. The highest BCUT2D eigenvalue weighted by molar-refractivity contribution is 5.79. The Kier molecular flexibility index (Phi) is 8.06. The van der Waals surface area contributed by atoms with Crippen LogP contribution in [0.2, 0.25) is 0 Å². The molecule has 2 rings (SSSR count). The summed E-state index contributed by atoms with van der Waals surface area (Å²) < 4.78 is 5.63. The number of methoxy groups -OCH3 is 1. The first kappa shape index (κ1) is 19.6. The minimum absolute atomic E-state index is 0.286. The number of ether oxygens (including phenoxy) is 1. The molecule has 0 spiro atoms. The fourth-order valence-corrected chi connectivity index (χ4v) is 3.32. The van der Waals surface area contributed by atoms with Gasteiger partial charge in [0.15, 0.2) is 5.96 Å². The van der Waals surface area contributed by atoms with E-state index in [0.717, 1.165) is 37.9 Å². The van der Waals surface area contributed by atoms with Crippen molar-refractivity contribution in [3.8, 4) is 5.75 Å². The zero-order valence-corrected chi connectivity index (χ0v) is 16.2. The molecule has 140 valence electrons. The predicted octanol–water partition coefficient (Wildman–Crippen LogP) is 3.04. The van der Waals surface area contributed by atoms with E-state index in [1.54, 1.807) is 7.11 Å². The van der Waals surface area contributed by atoms with Crippen LogP contribution >= 0.6 is 0 Å². The third kappa shape index (κ3) is 5.92. The van der Waals surface area contributed by atoms with Crippen LogP contribution in [0.4, 0.5) is 0 Å². The van der Waals surface area contributed by atoms with Crippen molar-refractivity contribution in [3.63, 3.8) is 0 Å². The van der Waals surface area contributed by atoms with Gasteiger partial charge in [-0.2, -0.15) is 0 Å². The number of rotatable bonds is 7. The van der Waals surface area contributed by atoms with Gasteiger partial charge in [-0.25, -0.2) is 0 Å². The highest BCUT2D eigenvalue weighted by atomic mass is 16.5. The summed E-state index contributed by atoms with van der Waals surface area (Å²) in [6, 6.07) is 8.66. The SMILES string of the molecule is CN=C(NCC(C)C)NCC(c1ccccc1OC)N1CCCCC1. The van der Waals surface area contributed by atoms with Crippen molar-refractivity contribution < 1.29 is 4.74 Å². The van der Waals surface area contributed by atoms with Crippen LogP contribution in [-0.4, -0.2) is 51.2 Å². The quantitative estimate of drug-likeness (QED) is 0.588. The molecule has 0 aliphatic carbocycles. The second-order valence-corrected chi connectivity index (χ2v) is 7.08. The Balaban J connectivity index is 2.11. The van der Waals surface area contributed by atoms with Gasteiger partial charge in [-0.15, -0.1) is 0 Å². The van der Waals surface area contributed by atoms with Crippen molar-refractivity contribution >= 4 is 5.96 Å². The molecule has 0 amide bonds. The summed E-state index contributed by atoms with van der Waals surface area (Å²) >= 11 is 0. The highest BCUT2D eigenvalue weighted by Gasteiger charge is 2.25. The molecule has 2 N–H and O–H groups in total. The van der Waals surface area contributed by atoms with E-state index >= 15 is 0 Å². The maximum Gasteiger partial charge on any atom is 0.191 e. The van der Waals surface area contributed by atoms with Gasteiger partial charge < -0.3 is 15.4 Å². The molecule has 5 nitrogen and oxygen atoms in total. The first-order valence-corrected chi connectivity index (χ1v) is 9.47. The third-order valence-electron chi connectivity index (χ3n) is 4.69. The van der Waals surface area contributed by atoms with Crippen molar-refractivity contribution in [2.75, 3.05) is 40.3 Å². The average molecular weight is 347 g/mol. The molecule has 1 atom stereocenters. The van der Waals surface area contributed by atoms with Crippen LogP contribution in [0.1, 0.15) is 44.7 Å². The van der Waals surface area contributed by atoms with Crippen molar-refractivity contribution in [2.45, 2.75) is 39.2 Å². The van der Waals surface area contributed by atoms with Crippen molar-refractivity contribution in [3.05, 3.63) is 29.8 Å². The van der Waals surface area contributed by atoms with Gasteiger partial charge in [0.05, 0.1) is 13.2 Å². The fraction of sp³-hybridized carbons (Fsp3) is 0.650. The molecule has 0 saturated carbocycles. The second kappa shape index (κ2) is 10.3. The van der Waals surface area contributed by atoms with E-state index in [1.165, 1.54) is 24.8 Å². The summed E-state index contributed by atoms with van der Waals surface area (Å²) in [6.45, 7) is 8.42. The molecule has 1 aliphatic heterocycles. The number of benzene rings is 1. The van der Waals surface area contributed by atoms with Gasteiger partial charge in [-0.05, 0) is 37.9 Å². The predicted molar refractivity (Wildman–Crippen MR) is 105 cm³/mol. The molecular formula is C20H34N4O. The van der Waals surface area contributed by atoms with Gasteiger partial charge in [0.25, 0.3) is 0 Å². The maximum atomic E-state index is 5.63. The first-order chi connectivity index (χ1) is 12.2. The molecule has 1 aromatic carbocycles. The summed E-state index contributed by atoms with van der Waals surface area (Å²) in [5.74, 6) is 2.42. The standard InChI is InChI=1S/C20H34N4O/c1-16(2)14-22-20(21-3)23-15-18(24-12-8-5-9-13-24)17-10-6-7-11-19(17)25-4/h6-7,10-11,16,18H,5,8-9,12-15H2,1-4H3,(H2,21,22,23). The molecule has 1 unspecified atom stereocenters. The van der Waals surface area contributed by atoms with E-state index < -0.39 is 0 Å². The zero-order valence-electron chi connectivity index (χ0n) is 16.2. The molecular weight excluding hydrogens is 312 g/mol. The Morgan fingerprint density at radius 2 is 1.80 bits per heavy atom. The second-order valence-electron chi connectivity index (χ2n) is 7.08. The summed E-state index contributed by atoms with van der Waals surface area (Å²) in [5.41, 5.74) is 1.25. The summed E-state index contributed by atoms with van der Waals surface area (Å²) in [4.78, 5) is 6.93. The Hall–Kier alpha value is -1.75. The minimum atomic E-state index is 0.286. The van der Waals surface area contributed by atoms with Crippen LogP contribution in [0.15, 0.2) is 29.3 Å². The topological polar surface area (TPSA) is 48.9 Å². The van der Waals surface area contributed by atoms with Gasteiger partial charge in [-0.1, -0.05) is 38.5 Å². The van der Waals surface area contributed by atoms with Crippen molar-refractivity contribution in [1.29, 1.82) is 0 Å². The molecule has 0 bridgehead atoms. The number of guanidine groups is 1. The monoisotopic (exact) mass is 346 g/mol. The number of aliphatic imine (C=N–C) groups is 1. The van der Waals surface area contributed by atoms with Crippen LogP contribution < -0.4 is 15.4 Å². The van der Waals surface area contributed by atoms with Crippen LogP contribution in [0.3, 0.4) is 0 Å². The molecule has 1 fully saturated rings. The van der Waals surface area contributed by atoms with Crippen molar-refractivity contribution in [2.24, 2.45) is 10.9 Å². The van der Waals surface area contributed by atoms with Crippen LogP contribution in [-0.2, 0) is 0 Å². The van der Waals surface area contributed by atoms with Gasteiger partial charge in [0, 0.05) is 25.7 Å². The normalized spacial score (nSPS) is 17.4. The molecule has 0 aromatic heterocycles. The van der Waals surface area contributed by atoms with E-state index in [2.05, 4.69) is 52.6 Å². The average Bonchev–Trinajstić information content (AvgIpc) is 2.65. The Morgan fingerprint density at radius 3 is 2.44 bits per heavy atom. The lowest BCUT2D eigenvalue weighted by Crippen LogP contribution is -2.45. The number of nitrogens with one attached hydrogen (secondary N) is 2. The smallest absolute Gasteiger partial charge is 0.191 e. The van der Waals surface area contributed by atoms with Gasteiger partial charge in [-0.3, -0.25) is 9.89 Å². The number of hydrogen-bond acceptors (Lipinski definition) is 3. The number of piperidine rings is 1. The summed E-state index contributed by atoms with van der Waals surface area (Å²) in [7, 11) is 3.58. The van der Waals surface area contributed by atoms with Gasteiger partial charge >= 0.3 is 0 Å². The molecule has 1 saturated heterocycles. The highest BCUT2D eigenvalue weighted by Crippen LogP contribution is 2.30. The first-order valence-electron chi connectivity index (χ1n) is 9.47. The maximum absolute atomic E-state index is 5.63. The Bertz CT molecular complexity index is 538. The van der Waals surface area contributed by atoms with E-state index in [1.807, 2.05) is 13.1 Å². The third-order valence-corrected chi connectivity index (χ3v) is 4.69. The molecule has 25 heavy (non-hydrogen) atoms. The molecule has 1 aliphatic rings. The van der Waals surface area contributed by atoms with Crippen LogP contribution in [0, 0.1) is 5.92 Å². The Morgan fingerprint density at radius 1 is 1.12 bits per heavy atom. The lowest BCUT2D eigenvalue weighted by molar-refractivity contribution is 0.161.